The highest BCUT2D eigenvalue weighted by Crippen LogP contribution is 2.66. The molecule has 0 spiro atoms. The van der Waals surface area contributed by atoms with Crippen LogP contribution in [0.4, 0.5) is 0 Å². The predicted molar refractivity (Wildman–Crippen MR) is 46.9 cm³/mol. The molecule has 1 unspecified atom stereocenters. The van der Waals surface area contributed by atoms with Crippen LogP contribution in [0.15, 0.2) is 17.3 Å². The summed E-state index contributed by atoms with van der Waals surface area (Å²) in [6, 6.07) is 5.17. The van der Waals surface area contributed by atoms with Crippen LogP contribution in [0.3, 0.4) is 0 Å². The Balaban J connectivity index is 2.24. The van der Waals surface area contributed by atoms with Gasteiger partial charge in [0.2, 0.25) is 0 Å². The third-order valence-electron chi connectivity index (χ3n) is 2.46. The van der Waals surface area contributed by atoms with E-state index in [9.17, 15) is 4.57 Å². The zero-order valence-corrected chi connectivity index (χ0v) is 7.25. The van der Waals surface area contributed by atoms with Crippen LogP contribution in [0.5, 0.6) is 0 Å². The molecule has 0 radical (unpaired) electrons. The SMILES string of the molecule is N#C/C(=N\O)c1ccc2c3c1P23=O. The molecule has 1 aromatic rings. The summed E-state index contributed by atoms with van der Waals surface area (Å²) in [6.45, 7) is 0. The van der Waals surface area contributed by atoms with Crippen LogP contribution in [0.2, 0.25) is 0 Å². The standard InChI is InChI=1S/C8H3N2O2P/c9-3-5(10-11)4-1-2-6-8-7(4)13(6,8)12/h1-2,11H/b10-5+. The fourth-order valence-corrected chi connectivity index (χ4v) is 4.52. The first-order valence-corrected chi connectivity index (χ1v) is 5.37. The Kier molecular flexibility index (Phi) is 0.890. The number of benzene rings is 1. The molecule has 13 heavy (non-hydrogen) atoms. The Labute approximate surface area is 73.5 Å². The molecule has 3 aliphatic heterocycles. The number of rotatable bonds is 1. The smallest absolute Gasteiger partial charge is 0.187 e. The van der Waals surface area contributed by atoms with E-state index in [4.69, 9.17) is 10.5 Å². The fraction of sp³-hybridized carbons (Fsp3) is 0. The highest BCUT2D eigenvalue weighted by Gasteiger charge is 2.67. The van der Waals surface area contributed by atoms with E-state index in [2.05, 4.69) is 5.16 Å². The fourth-order valence-electron chi connectivity index (χ4n) is 1.72. The van der Waals surface area contributed by atoms with Crippen molar-refractivity contribution in [2.45, 2.75) is 0 Å². The summed E-state index contributed by atoms with van der Waals surface area (Å²) in [5, 5.41) is 22.5. The van der Waals surface area contributed by atoms with Crippen LogP contribution in [0.1, 0.15) is 5.56 Å². The summed E-state index contributed by atoms with van der Waals surface area (Å²) in [5.41, 5.74) is 0.471. The molecule has 3 heterocycles. The van der Waals surface area contributed by atoms with Crippen LogP contribution in [-0.4, -0.2) is 10.9 Å². The molecule has 5 heteroatoms. The van der Waals surface area contributed by atoms with E-state index in [1.165, 1.54) is 0 Å². The summed E-state index contributed by atoms with van der Waals surface area (Å²) in [6.07, 6.45) is 0. The minimum atomic E-state index is -2.19. The zero-order chi connectivity index (χ0) is 9.22. The number of nitriles is 1. The van der Waals surface area contributed by atoms with Gasteiger partial charge >= 0.3 is 0 Å². The maximum absolute atomic E-state index is 11.7. The Bertz CT molecular complexity index is 568. The molecule has 0 aromatic heterocycles. The van der Waals surface area contributed by atoms with Crippen LogP contribution >= 0.6 is 7.14 Å². The molecule has 0 fully saturated rings. The second-order valence-electron chi connectivity index (χ2n) is 3.00. The lowest BCUT2D eigenvalue weighted by molar-refractivity contribution is 0.320. The average Bonchev–Trinajstić information content (AvgIpc) is 2.96. The van der Waals surface area contributed by atoms with Gasteiger partial charge in [0, 0.05) is 21.5 Å². The van der Waals surface area contributed by atoms with Gasteiger partial charge in [-0.3, -0.25) is 0 Å². The van der Waals surface area contributed by atoms with Crippen molar-refractivity contribution in [2.24, 2.45) is 5.16 Å². The van der Waals surface area contributed by atoms with Crippen molar-refractivity contribution >= 4 is 28.8 Å². The maximum atomic E-state index is 11.7. The van der Waals surface area contributed by atoms with E-state index in [1.54, 1.807) is 18.2 Å². The summed E-state index contributed by atoms with van der Waals surface area (Å²) in [5.74, 6) is 0. The lowest BCUT2D eigenvalue weighted by Crippen LogP contribution is -2.17. The lowest BCUT2D eigenvalue weighted by Gasteiger charge is -1.99. The van der Waals surface area contributed by atoms with E-state index >= 15 is 0 Å². The van der Waals surface area contributed by atoms with Crippen LogP contribution in [0, 0.1) is 11.3 Å². The third-order valence-corrected chi connectivity index (χ3v) is 5.25. The molecule has 0 saturated heterocycles. The molecule has 2 bridgehead atoms. The van der Waals surface area contributed by atoms with Gasteiger partial charge in [-0.2, -0.15) is 5.26 Å². The van der Waals surface area contributed by atoms with Crippen molar-refractivity contribution in [1.82, 2.24) is 0 Å². The van der Waals surface area contributed by atoms with E-state index < -0.39 is 7.14 Å². The number of fused-ring (bicyclic) bond motifs is 2. The van der Waals surface area contributed by atoms with Gasteiger partial charge in [-0.25, -0.2) is 0 Å². The van der Waals surface area contributed by atoms with E-state index in [1.807, 2.05) is 0 Å². The second kappa shape index (κ2) is 1.68. The number of hydrogen-bond acceptors (Lipinski definition) is 4. The molecule has 62 valence electrons. The Hall–Kier alpha value is -1.59. The molecular formula is C8H3N2O2P. The number of oxime groups is 1. The quantitative estimate of drug-likeness (QED) is 0.247. The molecule has 0 saturated carbocycles. The first kappa shape index (κ1) is 6.88. The average molecular weight is 190 g/mol. The number of hydrogen-bond donors (Lipinski definition) is 1. The van der Waals surface area contributed by atoms with E-state index in [0.29, 0.717) is 5.56 Å². The Morgan fingerprint density at radius 3 is 2.69 bits per heavy atom. The highest BCUT2D eigenvalue weighted by molar-refractivity contribution is 8.06. The van der Waals surface area contributed by atoms with Gasteiger partial charge in [0.1, 0.15) is 6.07 Å². The van der Waals surface area contributed by atoms with E-state index in [0.717, 1.165) is 15.9 Å². The van der Waals surface area contributed by atoms with Gasteiger partial charge < -0.3 is 9.77 Å². The number of nitrogens with zero attached hydrogens (tertiary/aromatic N) is 2. The van der Waals surface area contributed by atoms with Crippen molar-refractivity contribution in [3.8, 4) is 6.07 Å². The van der Waals surface area contributed by atoms with Crippen LogP contribution in [0.25, 0.3) is 0 Å². The zero-order valence-electron chi connectivity index (χ0n) is 6.35. The van der Waals surface area contributed by atoms with Gasteiger partial charge in [0.05, 0.1) is 0 Å². The van der Waals surface area contributed by atoms with Crippen molar-refractivity contribution in [2.75, 3.05) is 0 Å². The monoisotopic (exact) mass is 190 g/mol. The topological polar surface area (TPSA) is 73.4 Å². The van der Waals surface area contributed by atoms with Gasteiger partial charge in [0.25, 0.3) is 0 Å². The summed E-state index contributed by atoms with van der Waals surface area (Å²) < 4.78 is 11.7. The molecule has 1 aromatic carbocycles. The molecule has 1 atom stereocenters. The van der Waals surface area contributed by atoms with Crippen molar-refractivity contribution in [1.29, 1.82) is 5.26 Å². The summed E-state index contributed by atoms with van der Waals surface area (Å²) in [4.78, 5) is 0. The molecule has 4 rings (SSSR count). The van der Waals surface area contributed by atoms with Gasteiger partial charge in [-0.15, -0.1) is 0 Å². The molecular weight excluding hydrogens is 187 g/mol. The minimum absolute atomic E-state index is 0.0553. The maximum Gasteiger partial charge on any atom is 0.187 e. The Morgan fingerprint density at radius 1 is 1.54 bits per heavy atom. The molecule has 3 aliphatic rings. The van der Waals surface area contributed by atoms with E-state index in [-0.39, 0.29) is 5.71 Å². The molecule has 1 N–H and O–H groups in total. The molecule has 0 amide bonds. The predicted octanol–water partition coefficient (Wildman–Crippen LogP) is -0.345. The molecule has 0 aliphatic carbocycles. The van der Waals surface area contributed by atoms with Crippen LogP contribution < -0.4 is 15.9 Å². The summed E-state index contributed by atoms with van der Waals surface area (Å²) in [7, 11) is -2.19. The largest absolute Gasteiger partial charge is 0.410 e. The third kappa shape index (κ3) is 0.526. The van der Waals surface area contributed by atoms with Crippen LogP contribution in [-0.2, 0) is 4.57 Å². The van der Waals surface area contributed by atoms with Gasteiger partial charge in [-0.05, 0) is 6.07 Å². The Morgan fingerprint density at radius 2 is 2.23 bits per heavy atom. The van der Waals surface area contributed by atoms with Gasteiger partial charge in [-0.1, -0.05) is 11.2 Å². The minimum Gasteiger partial charge on any atom is -0.410 e. The second-order valence-corrected chi connectivity index (χ2v) is 5.59. The normalized spacial score (nSPS) is 26.2. The van der Waals surface area contributed by atoms with Crippen molar-refractivity contribution < 1.29 is 9.77 Å². The first-order valence-electron chi connectivity index (χ1n) is 3.66. The van der Waals surface area contributed by atoms with Gasteiger partial charge in [0.15, 0.2) is 12.9 Å². The van der Waals surface area contributed by atoms with Crippen molar-refractivity contribution in [3.63, 3.8) is 0 Å². The van der Waals surface area contributed by atoms with Crippen molar-refractivity contribution in [3.05, 3.63) is 17.7 Å². The highest BCUT2D eigenvalue weighted by atomic mass is 31.2. The molecule has 4 nitrogen and oxygen atoms in total. The summed E-state index contributed by atoms with van der Waals surface area (Å²) >= 11 is 0. The lowest BCUT2D eigenvalue weighted by atomic mass is 10.1. The first-order chi connectivity index (χ1) is 6.25.